The highest BCUT2D eigenvalue weighted by Gasteiger charge is 2.34. The predicted molar refractivity (Wildman–Crippen MR) is 91.1 cm³/mol. The van der Waals surface area contributed by atoms with Crippen LogP contribution >= 0.6 is 11.3 Å². The smallest absolute Gasteiger partial charge is 0.123 e. The Labute approximate surface area is 130 Å². The van der Waals surface area contributed by atoms with Gasteiger partial charge in [-0.05, 0) is 51.0 Å². The van der Waals surface area contributed by atoms with Crippen molar-refractivity contribution in [3.63, 3.8) is 0 Å². The zero-order chi connectivity index (χ0) is 15.2. The fourth-order valence-electron chi connectivity index (χ4n) is 2.45. The van der Waals surface area contributed by atoms with Crippen molar-refractivity contribution in [2.45, 2.75) is 38.1 Å². The molecule has 0 atom stereocenters. The average molecular weight is 301 g/mol. The lowest BCUT2D eigenvalue weighted by Gasteiger charge is -2.17. The zero-order valence-corrected chi connectivity index (χ0v) is 14.0. The van der Waals surface area contributed by atoms with Gasteiger partial charge < -0.3 is 10.6 Å². The van der Waals surface area contributed by atoms with Crippen LogP contribution in [0.5, 0.6) is 0 Å². The molecule has 2 aromatic rings. The van der Waals surface area contributed by atoms with Gasteiger partial charge in [0, 0.05) is 41.7 Å². The second-order valence-corrected chi connectivity index (χ2v) is 7.67. The second-order valence-electron chi connectivity index (χ2n) is 6.67. The molecule has 1 fully saturated rings. The van der Waals surface area contributed by atoms with Gasteiger partial charge in [0.15, 0.2) is 0 Å². The lowest BCUT2D eigenvalue weighted by atomic mass is 10.0. The number of benzene rings is 1. The molecule has 0 saturated heterocycles. The Morgan fingerprint density at radius 1 is 1.19 bits per heavy atom. The minimum atomic E-state index is -0.308. The summed E-state index contributed by atoms with van der Waals surface area (Å²) in [7, 11) is 4.11. The SMILES string of the molecule is CN(C)c1ccc(-c2nc(C3CC3)c(C(C)(C)N)s2)cc1. The molecule has 3 nitrogen and oxygen atoms in total. The molecule has 0 spiro atoms. The molecule has 3 rings (SSSR count). The molecule has 1 heterocycles. The molecule has 0 aliphatic heterocycles. The summed E-state index contributed by atoms with van der Waals surface area (Å²) in [6, 6.07) is 8.58. The topological polar surface area (TPSA) is 42.2 Å². The fraction of sp³-hybridized carbons (Fsp3) is 0.471. The Hall–Kier alpha value is -1.39. The summed E-state index contributed by atoms with van der Waals surface area (Å²) in [4.78, 5) is 8.26. The Kier molecular flexibility index (Phi) is 3.54. The molecule has 1 saturated carbocycles. The normalized spacial score (nSPS) is 15.3. The standard InChI is InChI=1S/C17H23N3S/c1-17(2,18)15-14(11-5-6-11)19-16(21-15)12-7-9-13(10-8-12)20(3)4/h7-11H,5-6,18H2,1-4H3. The summed E-state index contributed by atoms with van der Waals surface area (Å²) < 4.78 is 0. The minimum Gasteiger partial charge on any atom is -0.378 e. The van der Waals surface area contributed by atoms with Gasteiger partial charge in [-0.25, -0.2) is 4.98 Å². The van der Waals surface area contributed by atoms with Gasteiger partial charge in [0.1, 0.15) is 5.01 Å². The third kappa shape index (κ3) is 2.97. The Morgan fingerprint density at radius 2 is 1.81 bits per heavy atom. The van der Waals surface area contributed by atoms with Crippen LogP contribution in [0.2, 0.25) is 0 Å². The van der Waals surface area contributed by atoms with Crippen molar-refractivity contribution in [3.8, 4) is 10.6 Å². The first-order chi connectivity index (χ1) is 9.86. The van der Waals surface area contributed by atoms with Crippen LogP contribution in [0.4, 0.5) is 5.69 Å². The van der Waals surface area contributed by atoms with E-state index < -0.39 is 0 Å². The molecule has 0 amide bonds. The quantitative estimate of drug-likeness (QED) is 0.930. The second kappa shape index (κ2) is 5.11. The molecule has 21 heavy (non-hydrogen) atoms. The van der Waals surface area contributed by atoms with Crippen molar-refractivity contribution < 1.29 is 0 Å². The van der Waals surface area contributed by atoms with E-state index in [2.05, 4.69) is 57.1 Å². The van der Waals surface area contributed by atoms with Gasteiger partial charge in [0.25, 0.3) is 0 Å². The van der Waals surface area contributed by atoms with Crippen molar-refractivity contribution in [2.24, 2.45) is 5.73 Å². The number of aromatic nitrogens is 1. The Bertz CT molecular complexity index is 631. The first-order valence-corrected chi connectivity index (χ1v) is 8.26. The molecule has 4 heteroatoms. The number of nitrogens with zero attached hydrogens (tertiary/aromatic N) is 2. The van der Waals surface area contributed by atoms with Crippen LogP contribution in [0, 0.1) is 0 Å². The highest BCUT2D eigenvalue weighted by molar-refractivity contribution is 7.15. The summed E-state index contributed by atoms with van der Waals surface area (Å²) in [5, 5.41) is 1.09. The molecule has 112 valence electrons. The van der Waals surface area contributed by atoms with Crippen LogP contribution in [0.1, 0.15) is 43.2 Å². The molecule has 2 N–H and O–H groups in total. The van der Waals surface area contributed by atoms with E-state index in [4.69, 9.17) is 10.7 Å². The van der Waals surface area contributed by atoms with Gasteiger partial charge in [-0.2, -0.15) is 0 Å². The summed E-state index contributed by atoms with van der Waals surface area (Å²) in [6.45, 7) is 4.15. The first kappa shape index (κ1) is 14.5. The summed E-state index contributed by atoms with van der Waals surface area (Å²) >= 11 is 1.75. The molecule has 0 bridgehead atoms. The Morgan fingerprint density at radius 3 is 2.29 bits per heavy atom. The van der Waals surface area contributed by atoms with Crippen LogP contribution in [0.3, 0.4) is 0 Å². The van der Waals surface area contributed by atoms with Crippen molar-refractivity contribution in [1.29, 1.82) is 0 Å². The van der Waals surface area contributed by atoms with E-state index in [1.807, 2.05) is 0 Å². The van der Waals surface area contributed by atoms with E-state index in [1.54, 1.807) is 11.3 Å². The van der Waals surface area contributed by atoms with E-state index in [0.717, 1.165) is 5.01 Å². The lowest BCUT2D eigenvalue weighted by molar-refractivity contribution is 0.559. The zero-order valence-electron chi connectivity index (χ0n) is 13.2. The van der Waals surface area contributed by atoms with E-state index >= 15 is 0 Å². The monoisotopic (exact) mass is 301 g/mol. The van der Waals surface area contributed by atoms with E-state index in [1.165, 1.54) is 34.7 Å². The van der Waals surface area contributed by atoms with Gasteiger partial charge in [-0.15, -0.1) is 11.3 Å². The van der Waals surface area contributed by atoms with Crippen molar-refractivity contribution >= 4 is 17.0 Å². The summed E-state index contributed by atoms with van der Waals surface area (Å²) in [5.74, 6) is 0.633. The maximum atomic E-state index is 6.34. The largest absolute Gasteiger partial charge is 0.378 e. The highest BCUT2D eigenvalue weighted by atomic mass is 32.1. The van der Waals surface area contributed by atoms with Crippen LogP contribution in [0.15, 0.2) is 24.3 Å². The average Bonchev–Trinajstić information content (AvgIpc) is 3.16. The number of thiazole rings is 1. The molecule has 1 aromatic carbocycles. The molecule has 1 aromatic heterocycles. The van der Waals surface area contributed by atoms with Gasteiger partial charge in [0.05, 0.1) is 5.69 Å². The lowest BCUT2D eigenvalue weighted by Crippen LogP contribution is -2.28. The number of anilines is 1. The van der Waals surface area contributed by atoms with Crippen molar-refractivity contribution in [3.05, 3.63) is 34.8 Å². The van der Waals surface area contributed by atoms with Gasteiger partial charge in [0.2, 0.25) is 0 Å². The van der Waals surface area contributed by atoms with Crippen LogP contribution < -0.4 is 10.6 Å². The van der Waals surface area contributed by atoms with E-state index in [9.17, 15) is 0 Å². The molecular formula is C17H23N3S. The summed E-state index contributed by atoms with van der Waals surface area (Å²) in [6.07, 6.45) is 2.51. The predicted octanol–water partition coefficient (Wildman–Crippen LogP) is 3.95. The molecular weight excluding hydrogens is 278 g/mol. The molecule has 1 aliphatic rings. The van der Waals surface area contributed by atoms with Crippen molar-refractivity contribution in [2.75, 3.05) is 19.0 Å². The molecule has 1 aliphatic carbocycles. The summed E-state index contributed by atoms with van der Waals surface area (Å²) in [5.41, 5.74) is 9.66. The number of nitrogens with two attached hydrogens (primary N) is 1. The van der Waals surface area contributed by atoms with Crippen LogP contribution in [0.25, 0.3) is 10.6 Å². The number of hydrogen-bond acceptors (Lipinski definition) is 4. The Balaban J connectivity index is 1.99. The van der Waals surface area contributed by atoms with E-state index in [0.29, 0.717) is 5.92 Å². The maximum Gasteiger partial charge on any atom is 0.123 e. The van der Waals surface area contributed by atoms with Crippen LogP contribution in [-0.2, 0) is 5.54 Å². The first-order valence-electron chi connectivity index (χ1n) is 7.44. The third-order valence-electron chi connectivity index (χ3n) is 3.83. The third-order valence-corrected chi connectivity index (χ3v) is 5.29. The number of hydrogen-bond donors (Lipinski definition) is 1. The van der Waals surface area contributed by atoms with Crippen molar-refractivity contribution in [1.82, 2.24) is 4.98 Å². The molecule has 0 unspecified atom stereocenters. The number of rotatable bonds is 4. The minimum absolute atomic E-state index is 0.308. The van der Waals surface area contributed by atoms with Gasteiger partial charge in [-0.1, -0.05) is 0 Å². The van der Waals surface area contributed by atoms with E-state index in [-0.39, 0.29) is 5.54 Å². The molecule has 0 radical (unpaired) electrons. The fourth-order valence-corrected chi connectivity index (χ4v) is 3.62. The highest BCUT2D eigenvalue weighted by Crippen LogP contribution is 2.46. The van der Waals surface area contributed by atoms with Gasteiger partial charge >= 0.3 is 0 Å². The van der Waals surface area contributed by atoms with Crippen LogP contribution in [-0.4, -0.2) is 19.1 Å². The maximum absolute atomic E-state index is 6.34. The van der Waals surface area contributed by atoms with Gasteiger partial charge in [-0.3, -0.25) is 0 Å².